The van der Waals surface area contributed by atoms with Gasteiger partial charge in [0.15, 0.2) is 0 Å². The van der Waals surface area contributed by atoms with Crippen LogP contribution in [0.25, 0.3) is 0 Å². The van der Waals surface area contributed by atoms with Gasteiger partial charge in [0.05, 0.1) is 5.69 Å². The fraction of sp³-hybridized carbons (Fsp3) is 0.588. The lowest BCUT2D eigenvalue weighted by molar-refractivity contribution is 0.112. The number of carbonyl (C=O) groups excluding carboxylic acids is 1. The maximum atomic E-state index is 14.3. The summed E-state index contributed by atoms with van der Waals surface area (Å²) in [6, 6.07) is 5.27. The van der Waals surface area contributed by atoms with Gasteiger partial charge in [-0.1, -0.05) is 26.7 Å². The normalized spacial score (nSPS) is 15.8. The van der Waals surface area contributed by atoms with Gasteiger partial charge < -0.3 is 4.90 Å². The van der Waals surface area contributed by atoms with Gasteiger partial charge in [0.1, 0.15) is 12.1 Å². The minimum atomic E-state index is -0.273. The van der Waals surface area contributed by atoms with E-state index in [4.69, 9.17) is 0 Å². The number of carbonyl (C=O) groups is 1. The van der Waals surface area contributed by atoms with Crippen LogP contribution in [-0.4, -0.2) is 18.9 Å². The van der Waals surface area contributed by atoms with Crippen LogP contribution in [0.4, 0.5) is 10.1 Å². The number of aldehydes is 1. The number of hydrogen-bond donors (Lipinski definition) is 0. The minimum absolute atomic E-state index is 0.273. The molecule has 0 bridgehead atoms. The molecule has 1 aromatic carbocycles. The average molecular weight is 277 g/mol. The second-order valence-electron chi connectivity index (χ2n) is 6.14. The summed E-state index contributed by atoms with van der Waals surface area (Å²) in [6.45, 7) is 5.27. The molecule has 0 saturated heterocycles. The van der Waals surface area contributed by atoms with Crippen LogP contribution >= 0.6 is 0 Å². The van der Waals surface area contributed by atoms with E-state index in [2.05, 4.69) is 18.7 Å². The molecule has 1 fully saturated rings. The summed E-state index contributed by atoms with van der Waals surface area (Å²) in [7, 11) is 0. The first-order valence-corrected chi connectivity index (χ1v) is 7.63. The number of nitrogens with zero attached hydrogens (tertiary/aromatic N) is 1. The van der Waals surface area contributed by atoms with Gasteiger partial charge in [-0.2, -0.15) is 0 Å². The SMILES string of the molecule is CC(C)CCN(c1ccc(C=O)cc1F)C1CCCC1. The summed E-state index contributed by atoms with van der Waals surface area (Å²) < 4.78 is 14.3. The van der Waals surface area contributed by atoms with Crippen LogP contribution in [0.5, 0.6) is 0 Å². The summed E-state index contributed by atoms with van der Waals surface area (Å²) in [6.07, 6.45) is 6.51. The van der Waals surface area contributed by atoms with E-state index < -0.39 is 0 Å². The van der Waals surface area contributed by atoms with Crippen LogP contribution in [-0.2, 0) is 0 Å². The van der Waals surface area contributed by atoms with Gasteiger partial charge in [0, 0.05) is 18.2 Å². The van der Waals surface area contributed by atoms with Crippen molar-refractivity contribution in [2.75, 3.05) is 11.4 Å². The quantitative estimate of drug-likeness (QED) is 0.717. The third kappa shape index (κ3) is 3.59. The van der Waals surface area contributed by atoms with Crippen molar-refractivity contribution >= 4 is 12.0 Å². The molecule has 0 aromatic heterocycles. The third-order valence-corrected chi connectivity index (χ3v) is 4.13. The molecule has 1 aliphatic rings. The van der Waals surface area contributed by atoms with Crippen molar-refractivity contribution in [2.24, 2.45) is 5.92 Å². The van der Waals surface area contributed by atoms with E-state index in [0.29, 0.717) is 29.5 Å². The van der Waals surface area contributed by atoms with Crippen molar-refractivity contribution in [3.8, 4) is 0 Å². The number of benzene rings is 1. The highest BCUT2D eigenvalue weighted by Gasteiger charge is 2.24. The van der Waals surface area contributed by atoms with E-state index in [9.17, 15) is 9.18 Å². The average Bonchev–Trinajstić information content (AvgIpc) is 2.94. The molecule has 0 N–H and O–H groups in total. The standard InChI is InChI=1S/C17H24FNO/c1-13(2)9-10-19(15-5-3-4-6-15)17-8-7-14(12-20)11-16(17)18/h7-8,11-13,15H,3-6,9-10H2,1-2H3. The Morgan fingerprint density at radius 2 is 2.05 bits per heavy atom. The van der Waals surface area contributed by atoms with Crippen molar-refractivity contribution < 1.29 is 9.18 Å². The van der Waals surface area contributed by atoms with Crippen LogP contribution in [0.15, 0.2) is 18.2 Å². The maximum absolute atomic E-state index is 14.3. The van der Waals surface area contributed by atoms with E-state index in [0.717, 1.165) is 25.8 Å². The third-order valence-electron chi connectivity index (χ3n) is 4.13. The van der Waals surface area contributed by atoms with Gasteiger partial charge in [-0.3, -0.25) is 4.79 Å². The van der Waals surface area contributed by atoms with Gasteiger partial charge in [-0.15, -0.1) is 0 Å². The number of anilines is 1. The predicted octanol–water partition coefficient (Wildman–Crippen LogP) is 4.43. The molecule has 110 valence electrons. The Kier molecular flexibility index (Phi) is 5.16. The highest BCUT2D eigenvalue weighted by Crippen LogP contribution is 2.30. The molecule has 0 atom stereocenters. The van der Waals surface area contributed by atoms with Gasteiger partial charge in [-0.25, -0.2) is 4.39 Å². The number of halogens is 1. The van der Waals surface area contributed by atoms with E-state index in [1.807, 2.05) is 0 Å². The molecule has 2 rings (SSSR count). The van der Waals surface area contributed by atoms with Crippen molar-refractivity contribution in [1.29, 1.82) is 0 Å². The molecule has 0 spiro atoms. The van der Waals surface area contributed by atoms with Crippen molar-refractivity contribution in [1.82, 2.24) is 0 Å². The summed E-state index contributed by atoms with van der Waals surface area (Å²) in [4.78, 5) is 12.9. The Morgan fingerprint density at radius 1 is 1.35 bits per heavy atom. The van der Waals surface area contributed by atoms with Gasteiger partial charge >= 0.3 is 0 Å². The predicted molar refractivity (Wildman–Crippen MR) is 80.8 cm³/mol. The molecule has 0 unspecified atom stereocenters. The van der Waals surface area contributed by atoms with E-state index >= 15 is 0 Å². The second kappa shape index (κ2) is 6.87. The van der Waals surface area contributed by atoms with Gasteiger partial charge in [0.2, 0.25) is 0 Å². The molecular formula is C17H24FNO. The highest BCUT2D eigenvalue weighted by molar-refractivity contribution is 5.76. The van der Waals surface area contributed by atoms with E-state index in [1.165, 1.54) is 18.9 Å². The van der Waals surface area contributed by atoms with Gasteiger partial charge in [-0.05, 0) is 43.4 Å². The van der Waals surface area contributed by atoms with Gasteiger partial charge in [0.25, 0.3) is 0 Å². The molecule has 1 aromatic rings. The summed E-state index contributed by atoms with van der Waals surface area (Å²) in [5.74, 6) is 0.335. The highest BCUT2D eigenvalue weighted by atomic mass is 19.1. The minimum Gasteiger partial charge on any atom is -0.366 e. The second-order valence-corrected chi connectivity index (χ2v) is 6.14. The van der Waals surface area contributed by atoms with E-state index in [1.54, 1.807) is 12.1 Å². The molecule has 1 saturated carbocycles. The topological polar surface area (TPSA) is 20.3 Å². The van der Waals surface area contributed by atoms with Crippen molar-refractivity contribution in [3.63, 3.8) is 0 Å². The smallest absolute Gasteiger partial charge is 0.150 e. The Hall–Kier alpha value is -1.38. The molecule has 0 heterocycles. The maximum Gasteiger partial charge on any atom is 0.150 e. The van der Waals surface area contributed by atoms with Crippen LogP contribution in [0.2, 0.25) is 0 Å². The first kappa shape index (κ1) is 15.0. The summed E-state index contributed by atoms with van der Waals surface area (Å²) in [5.41, 5.74) is 1.06. The lowest BCUT2D eigenvalue weighted by atomic mass is 10.1. The number of rotatable bonds is 6. The largest absolute Gasteiger partial charge is 0.366 e. The summed E-state index contributed by atoms with van der Waals surface area (Å²) >= 11 is 0. The Labute approximate surface area is 121 Å². The lowest BCUT2D eigenvalue weighted by Crippen LogP contribution is -2.35. The molecule has 20 heavy (non-hydrogen) atoms. The Bertz CT molecular complexity index is 452. The molecule has 0 radical (unpaired) electrons. The van der Waals surface area contributed by atoms with Crippen LogP contribution in [0, 0.1) is 11.7 Å². The number of hydrogen-bond acceptors (Lipinski definition) is 2. The molecule has 2 nitrogen and oxygen atoms in total. The molecule has 0 aliphatic heterocycles. The van der Waals surface area contributed by atoms with Crippen LogP contribution in [0.3, 0.4) is 0 Å². The first-order valence-electron chi connectivity index (χ1n) is 7.63. The monoisotopic (exact) mass is 277 g/mol. The lowest BCUT2D eigenvalue weighted by Gasteiger charge is -2.32. The van der Waals surface area contributed by atoms with Crippen molar-refractivity contribution in [3.05, 3.63) is 29.6 Å². The fourth-order valence-electron chi connectivity index (χ4n) is 2.94. The fourth-order valence-corrected chi connectivity index (χ4v) is 2.94. The zero-order valence-corrected chi connectivity index (χ0v) is 12.4. The first-order chi connectivity index (χ1) is 9.61. The molecule has 1 aliphatic carbocycles. The van der Waals surface area contributed by atoms with Crippen molar-refractivity contribution in [2.45, 2.75) is 52.0 Å². The molecule has 0 amide bonds. The Balaban J connectivity index is 2.22. The van der Waals surface area contributed by atoms with Crippen LogP contribution < -0.4 is 4.90 Å². The summed E-state index contributed by atoms with van der Waals surface area (Å²) in [5, 5.41) is 0. The molecule has 3 heteroatoms. The Morgan fingerprint density at radius 3 is 2.60 bits per heavy atom. The van der Waals surface area contributed by atoms with Crippen LogP contribution in [0.1, 0.15) is 56.3 Å². The zero-order chi connectivity index (χ0) is 14.5. The molecular weight excluding hydrogens is 253 g/mol. The zero-order valence-electron chi connectivity index (χ0n) is 12.4. The van der Waals surface area contributed by atoms with E-state index in [-0.39, 0.29) is 5.82 Å².